The van der Waals surface area contributed by atoms with Gasteiger partial charge in [-0.3, -0.25) is 0 Å². The summed E-state index contributed by atoms with van der Waals surface area (Å²) >= 11 is 0. The first-order chi connectivity index (χ1) is 13.3. The monoisotopic (exact) mass is 366 g/mol. The lowest BCUT2D eigenvalue weighted by atomic mass is 9.89. The molecule has 0 fully saturated rings. The summed E-state index contributed by atoms with van der Waals surface area (Å²) in [6, 6.07) is 16.4. The molecule has 144 valence electrons. The smallest absolute Gasteiger partial charge is 0.315 e. The number of nitrogens with one attached hydrogen (secondary N) is 2. The first-order valence-corrected chi connectivity index (χ1v) is 10.1. The average molecular weight is 367 g/mol. The van der Waals surface area contributed by atoms with Gasteiger partial charge in [0.1, 0.15) is 5.75 Å². The van der Waals surface area contributed by atoms with E-state index in [4.69, 9.17) is 4.74 Å². The van der Waals surface area contributed by atoms with Crippen LogP contribution in [0.1, 0.15) is 55.3 Å². The highest BCUT2D eigenvalue weighted by molar-refractivity contribution is 5.74. The summed E-state index contributed by atoms with van der Waals surface area (Å²) < 4.78 is 5.64. The van der Waals surface area contributed by atoms with E-state index < -0.39 is 0 Å². The van der Waals surface area contributed by atoms with Gasteiger partial charge in [-0.1, -0.05) is 43.3 Å². The number of aryl methyl sites for hydroxylation is 2. The Morgan fingerprint density at radius 2 is 1.85 bits per heavy atom. The fourth-order valence-corrected chi connectivity index (χ4v) is 3.58. The van der Waals surface area contributed by atoms with Gasteiger partial charge in [0, 0.05) is 6.54 Å². The molecule has 0 saturated carbocycles. The Morgan fingerprint density at radius 3 is 2.63 bits per heavy atom. The predicted molar refractivity (Wildman–Crippen MR) is 109 cm³/mol. The minimum Gasteiger partial charge on any atom is -0.494 e. The number of rotatable bonds is 8. The van der Waals surface area contributed by atoms with E-state index in [1.807, 2.05) is 30.3 Å². The largest absolute Gasteiger partial charge is 0.494 e. The highest BCUT2D eigenvalue weighted by Crippen LogP contribution is 2.26. The number of hydrogen-bond donors (Lipinski definition) is 2. The molecule has 0 radical (unpaired) electrons. The number of ether oxygens (including phenoxy) is 1. The van der Waals surface area contributed by atoms with Crippen LogP contribution >= 0.6 is 0 Å². The number of carbonyl (C=O) groups is 1. The van der Waals surface area contributed by atoms with Gasteiger partial charge in [0.15, 0.2) is 0 Å². The van der Waals surface area contributed by atoms with Gasteiger partial charge in [0.2, 0.25) is 0 Å². The molecule has 0 heterocycles. The van der Waals surface area contributed by atoms with Crippen molar-refractivity contribution in [3.63, 3.8) is 0 Å². The van der Waals surface area contributed by atoms with E-state index in [9.17, 15) is 4.79 Å². The van der Waals surface area contributed by atoms with Crippen LogP contribution in [0.2, 0.25) is 0 Å². The zero-order valence-corrected chi connectivity index (χ0v) is 16.2. The highest BCUT2D eigenvalue weighted by atomic mass is 16.5. The molecular formula is C23H30N2O2. The van der Waals surface area contributed by atoms with Gasteiger partial charge < -0.3 is 15.4 Å². The zero-order chi connectivity index (χ0) is 18.9. The second-order valence-corrected chi connectivity index (χ2v) is 7.11. The van der Waals surface area contributed by atoms with E-state index in [0.29, 0.717) is 13.2 Å². The topological polar surface area (TPSA) is 50.4 Å². The lowest BCUT2D eigenvalue weighted by Crippen LogP contribution is -2.38. The van der Waals surface area contributed by atoms with Crippen molar-refractivity contribution in [1.29, 1.82) is 0 Å². The minimum atomic E-state index is -0.112. The van der Waals surface area contributed by atoms with Crippen LogP contribution in [-0.2, 0) is 12.8 Å². The third-order valence-corrected chi connectivity index (χ3v) is 5.11. The number of amides is 2. The molecule has 1 unspecified atom stereocenters. The van der Waals surface area contributed by atoms with Gasteiger partial charge in [0.05, 0.1) is 12.6 Å². The molecule has 2 aromatic rings. The summed E-state index contributed by atoms with van der Waals surface area (Å²) in [6.07, 6.45) is 6.56. The molecule has 27 heavy (non-hydrogen) atoms. The third kappa shape index (κ3) is 5.75. The van der Waals surface area contributed by atoms with Gasteiger partial charge in [-0.2, -0.15) is 0 Å². The second kappa shape index (κ2) is 10.0. The van der Waals surface area contributed by atoms with Crippen LogP contribution < -0.4 is 15.4 Å². The first-order valence-electron chi connectivity index (χ1n) is 10.1. The van der Waals surface area contributed by atoms with Gasteiger partial charge >= 0.3 is 6.03 Å². The highest BCUT2D eigenvalue weighted by Gasteiger charge is 2.16. The molecule has 1 atom stereocenters. The van der Waals surface area contributed by atoms with Crippen LogP contribution in [0.15, 0.2) is 48.5 Å². The fraction of sp³-hybridized carbons (Fsp3) is 0.435. The van der Waals surface area contributed by atoms with E-state index in [0.717, 1.165) is 25.0 Å². The molecule has 3 rings (SSSR count). The summed E-state index contributed by atoms with van der Waals surface area (Å²) in [5, 5.41) is 6.04. The standard InChI is InChI=1S/C23H30N2O2/c1-2-22(20-14-13-18-9-6-7-10-19(18)17-20)25-23(26)24-15-8-16-27-21-11-4-3-5-12-21/h3-5,11-14,17,22H,2,6-10,15-16H2,1H3,(H2,24,25,26). The lowest BCUT2D eigenvalue weighted by molar-refractivity contribution is 0.235. The maximum Gasteiger partial charge on any atom is 0.315 e. The van der Waals surface area contributed by atoms with E-state index >= 15 is 0 Å². The first kappa shape index (κ1) is 19.3. The molecule has 0 saturated heterocycles. The van der Waals surface area contributed by atoms with Crippen molar-refractivity contribution in [3.05, 3.63) is 65.2 Å². The van der Waals surface area contributed by atoms with Crippen molar-refractivity contribution in [3.8, 4) is 5.75 Å². The van der Waals surface area contributed by atoms with Gasteiger partial charge in [0.25, 0.3) is 0 Å². The fourth-order valence-electron chi connectivity index (χ4n) is 3.58. The van der Waals surface area contributed by atoms with E-state index in [1.165, 1.54) is 36.0 Å². The Balaban J connectivity index is 1.42. The molecule has 2 amide bonds. The number of fused-ring (bicyclic) bond motifs is 1. The van der Waals surface area contributed by atoms with Crippen LogP contribution in [0.5, 0.6) is 5.75 Å². The van der Waals surface area contributed by atoms with E-state index in [1.54, 1.807) is 0 Å². The van der Waals surface area contributed by atoms with Crippen molar-refractivity contribution in [2.45, 2.75) is 51.5 Å². The number of benzene rings is 2. The summed E-state index contributed by atoms with van der Waals surface area (Å²) in [4.78, 5) is 12.2. The predicted octanol–water partition coefficient (Wildman–Crippen LogP) is 4.78. The van der Waals surface area contributed by atoms with Crippen LogP contribution in [0.25, 0.3) is 0 Å². The van der Waals surface area contributed by atoms with Crippen molar-refractivity contribution >= 4 is 6.03 Å². The molecule has 0 spiro atoms. The number of urea groups is 1. The Hall–Kier alpha value is -2.49. The maximum absolute atomic E-state index is 12.2. The summed E-state index contributed by atoms with van der Waals surface area (Å²) in [6.45, 7) is 3.30. The number of hydrogen-bond acceptors (Lipinski definition) is 2. The molecule has 2 N–H and O–H groups in total. The third-order valence-electron chi connectivity index (χ3n) is 5.11. The Kier molecular flexibility index (Phi) is 7.14. The van der Waals surface area contributed by atoms with Gasteiger partial charge in [-0.25, -0.2) is 4.79 Å². The zero-order valence-electron chi connectivity index (χ0n) is 16.2. The maximum atomic E-state index is 12.2. The lowest BCUT2D eigenvalue weighted by Gasteiger charge is -2.22. The van der Waals surface area contributed by atoms with Crippen molar-refractivity contribution < 1.29 is 9.53 Å². The van der Waals surface area contributed by atoms with Gasteiger partial charge in [-0.15, -0.1) is 0 Å². The van der Waals surface area contributed by atoms with Crippen LogP contribution in [0.4, 0.5) is 4.79 Å². The Bertz CT molecular complexity index is 730. The minimum absolute atomic E-state index is 0.0535. The number of para-hydroxylation sites is 1. The average Bonchev–Trinajstić information content (AvgIpc) is 2.72. The molecule has 1 aliphatic carbocycles. The molecule has 0 aliphatic heterocycles. The van der Waals surface area contributed by atoms with Gasteiger partial charge in [-0.05, 0) is 67.3 Å². The molecule has 4 nitrogen and oxygen atoms in total. The summed E-state index contributed by atoms with van der Waals surface area (Å²) in [5.74, 6) is 0.861. The van der Waals surface area contributed by atoms with Crippen LogP contribution in [0.3, 0.4) is 0 Å². The van der Waals surface area contributed by atoms with E-state index in [2.05, 4.69) is 35.8 Å². The second-order valence-electron chi connectivity index (χ2n) is 7.11. The molecule has 2 aromatic carbocycles. The molecular weight excluding hydrogens is 336 g/mol. The molecule has 1 aliphatic rings. The van der Waals surface area contributed by atoms with Crippen molar-refractivity contribution in [2.24, 2.45) is 0 Å². The quantitative estimate of drug-likeness (QED) is 0.660. The van der Waals surface area contributed by atoms with E-state index in [-0.39, 0.29) is 12.1 Å². The molecule has 0 aromatic heterocycles. The number of carbonyl (C=O) groups excluding carboxylic acids is 1. The van der Waals surface area contributed by atoms with Crippen molar-refractivity contribution in [1.82, 2.24) is 10.6 Å². The molecule has 0 bridgehead atoms. The Labute approximate surface area is 162 Å². The normalized spacial score (nSPS) is 14.1. The SMILES string of the molecule is CCC(NC(=O)NCCCOc1ccccc1)c1ccc2c(c1)CCCC2. The summed E-state index contributed by atoms with van der Waals surface area (Å²) in [5.41, 5.74) is 4.14. The van der Waals surface area contributed by atoms with Crippen LogP contribution in [-0.4, -0.2) is 19.2 Å². The molecule has 4 heteroatoms. The summed E-state index contributed by atoms with van der Waals surface area (Å²) in [7, 11) is 0. The van der Waals surface area contributed by atoms with Crippen LogP contribution in [0, 0.1) is 0 Å². The Morgan fingerprint density at radius 1 is 1.07 bits per heavy atom. The van der Waals surface area contributed by atoms with Crippen molar-refractivity contribution in [2.75, 3.05) is 13.2 Å².